The van der Waals surface area contributed by atoms with E-state index in [-0.39, 0.29) is 0 Å². The summed E-state index contributed by atoms with van der Waals surface area (Å²) < 4.78 is 5.00. The molecular weight excluding hydrogens is 178 g/mol. The highest BCUT2D eigenvalue weighted by Gasteiger charge is 2.03. The summed E-state index contributed by atoms with van der Waals surface area (Å²) in [6, 6.07) is 2.22. The zero-order valence-corrected chi connectivity index (χ0v) is 8.66. The first-order chi connectivity index (χ1) is 6.74. The number of hydrogen-bond donors (Lipinski definition) is 2. The van der Waals surface area contributed by atoms with Crippen molar-refractivity contribution in [3.05, 3.63) is 18.5 Å². The maximum Gasteiger partial charge on any atom is 0.0736 e. The van der Waals surface area contributed by atoms with Crippen LogP contribution in [0.25, 0.3) is 0 Å². The van der Waals surface area contributed by atoms with E-state index >= 15 is 0 Å². The van der Waals surface area contributed by atoms with Crippen LogP contribution in [0.4, 0.5) is 11.4 Å². The molecule has 0 amide bonds. The molecular formula is C10H17N3O. The third kappa shape index (κ3) is 3.22. The minimum absolute atomic E-state index is 0.347. The molecule has 0 fully saturated rings. The number of nitrogens with two attached hydrogens (primary N) is 1. The molecule has 1 unspecified atom stereocenters. The molecule has 0 aliphatic carbocycles. The molecule has 0 saturated carbocycles. The van der Waals surface area contributed by atoms with Crippen molar-refractivity contribution in [1.29, 1.82) is 0 Å². The van der Waals surface area contributed by atoms with E-state index in [9.17, 15) is 0 Å². The number of hydrogen-bond acceptors (Lipinski definition) is 4. The Balaban J connectivity index is 2.47. The molecule has 0 radical (unpaired) electrons. The Labute approximate surface area is 84.5 Å². The maximum atomic E-state index is 5.74. The molecule has 1 rings (SSSR count). The van der Waals surface area contributed by atoms with Crippen LogP contribution in [-0.4, -0.2) is 24.7 Å². The minimum atomic E-state index is 0.347. The van der Waals surface area contributed by atoms with Crippen LogP contribution in [-0.2, 0) is 4.74 Å². The first-order valence-corrected chi connectivity index (χ1v) is 4.69. The molecule has 0 aliphatic rings. The van der Waals surface area contributed by atoms with Gasteiger partial charge in [-0.1, -0.05) is 0 Å². The summed E-state index contributed by atoms with van der Waals surface area (Å²) in [7, 11) is 1.70. The molecule has 78 valence electrons. The molecule has 0 aliphatic heterocycles. The zero-order chi connectivity index (χ0) is 10.4. The van der Waals surface area contributed by atoms with Crippen LogP contribution in [0, 0.1) is 0 Å². The fourth-order valence-electron chi connectivity index (χ4n) is 1.17. The molecule has 1 heterocycles. The van der Waals surface area contributed by atoms with Gasteiger partial charge in [-0.15, -0.1) is 0 Å². The van der Waals surface area contributed by atoms with Crippen molar-refractivity contribution in [3.8, 4) is 0 Å². The molecule has 0 aromatic carbocycles. The number of nitrogens with zero attached hydrogens (tertiary/aromatic N) is 1. The van der Waals surface area contributed by atoms with Gasteiger partial charge in [0.25, 0.3) is 0 Å². The van der Waals surface area contributed by atoms with E-state index in [1.165, 1.54) is 0 Å². The molecule has 0 spiro atoms. The molecule has 1 aromatic heterocycles. The lowest BCUT2D eigenvalue weighted by molar-refractivity contribution is 0.191. The zero-order valence-electron chi connectivity index (χ0n) is 8.66. The second kappa shape index (κ2) is 5.44. The molecule has 1 aromatic rings. The number of ether oxygens (including phenoxy) is 1. The predicted octanol–water partition coefficient (Wildman–Crippen LogP) is 1.50. The molecule has 4 heteroatoms. The molecule has 0 bridgehead atoms. The quantitative estimate of drug-likeness (QED) is 0.747. The second-order valence-electron chi connectivity index (χ2n) is 3.29. The van der Waals surface area contributed by atoms with Gasteiger partial charge in [-0.05, 0) is 19.4 Å². The van der Waals surface area contributed by atoms with Gasteiger partial charge in [-0.3, -0.25) is 4.98 Å². The van der Waals surface area contributed by atoms with Crippen LogP contribution in [0.2, 0.25) is 0 Å². The third-order valence-corrected chi connectivity index (χ3v) is 2.01. The SMILES string of the molecule is COCCC(C)Nc1ccncc1N. The summed E-state index contributed by atoms with van der Waals surface area (Å²) in [5, 5.41) is 3.30. The van der Waals surface area contributed by atoms with Crippen molar-refractivity contribution in [2.75, 3.05) is 24.8 Å². The van der Waals surface area contributed by atoms with Gasteiger partial charge in [0, 0.05) is 26.0 Å². The van der Waals surface area contributed by atoms with Crippen molar-refractivity contribution in [2.45, 2.75) is 19.4 Å². The van der Waals surface area contributed by atoms with E-state index in [2.05, 4.69) is 17.2 Å². The van der Waals surface area contributed by atoms with Crippen molar-refractivity contribution in [3.63, 3.8) is 0 Å². The van der Waals surface area contributed by atoms with Gasteiger partial charge in [0.2, 0.25) is 0 Å². The number of nitrogen functional groups attached to an aromatic ring is 1. The van der Waals surface area contributed by atoms with Crippen LogP contribution in [0.1, 0.15) is 13.3 Å². The van der Waals surface area contributed by atoms with Gasteiger partial charge in [-0.25, -0.2) is 0 Å². The average Bonchev–Trinajstić information content (AvgIpc) is 2.18. The van der Waals surface area contributed by atoms with Gasteiger partial charge in [0.1, 0.15) is 0 Å². The third-order valence-electron chi connectivity index (χ3n) is 2.01. The number of rotatable bonds is 5. The largest absolute Gasteiger partial charge is 0.396 e. The van der Waals surface area contributed by atoms with Crippen LogP contribution in [0.5, 0.6) is 0 Å². The lowest BCUT2D eigenvalue weighted by Gasteiger charge is -2.15. The maximum absolute atomic E-state index is 5.74. The summed E-state index contributed by atoms with van der Waals surface area (Å²) >= 11 is 0. The summed E-state index contributed by atoms with van der Waals surface area (Å²) in [5.41, 5.74) is 7.35. The number of anilines is 2. The van der Waals surface area contributed by atoms with Crippen molar-refractivity contribution >= 4 is 11.4 Å². The predicted molar refractivity (Wildman–Crippen MR) is 58.2 cm³/mol. The Morgan fingerprint density at radius 2 is 2.43 bits per heavy atom. The highest BCUT2D eigenvalue weighted by molar-refractivity contribution is 5.64. The average molecular weight is 195 g/mol. The summed E-state index contributed by atoms with van der Waals surface area (Å²) in [4.78, 5) is 3.92. The number of aromatic nitrogens is 1. The second-order valence-corrected chi connectivity index (χ2v) is 3.29. The topological polar surface area (TPSA) is 60.2 Å². The molecule has 4 nitrogen and oxygen atoms in total. The normalized spacial score (nSPS) is 12.4. The first-order valence-electron chi connectivity index (χ1n) is 4.69. The van der Waals surface area contributed by atoms with Crippen LogP contribution in [0.3, 0.4) is 0 Å². The van der Waals surface area contributed by atoms with Crippen LogP contribution >= 0.6 is 0 Å². The molecule has 3 N–H and O–H groups in total. The molecule has 0 saturated heterocycles. The number of methoxy groups -OCH3 is 1. The van der Waals surface area contributed by atoms with Crippen molar-refractivity contribution in [2.24, 2.45) is 0 Å². The Hall–Kier alpha value is -1.29. The van der Waals surface area contributed by atoms with Crippen LogP contribution in [0.15, 0.2) is 18.5 Å². The van der Waals surface area contributed by atoms with Gasteiger partial charge in [0.05, 0.1) is 17.6 Å². The Bertz CT molecular complexity index is 278. The van der Waals surface area contributed by atoms with Crippen molar-refractivity contribution < 1.29 is 4.74 Å². The van der Waals surface area contributed by atoms with Gasteiger partial charge in [0.15, 0.2) is 0 Å². The minimum Gasteiger partial charge on any atom is -0.396 e. The van der Waals surface area contributed by atoms with E-state index in [0.717, 1.165) is 18.7 Å². The highest BCUT2D eigenvalue weighted by Crippen LogP contribution is 2.16. The number of nitrogens with one attached hydrogen (secondary N) is 1. The fraction of sp³-hybridized carbons (Fsp3) is 0.500. The van der Waals surface area contributed by atoms with Gasteiger partial charge >= 0.3 is 0 Å². The summed E-state index contributed by atoms with van der Waals surface area (Å²) in [6.07, 6.45) is 4.32. The lowest BCUT2D eigenvalue weighted by Crippen LogP contribution is -2.18. The van der Waals surface area contributed by atoms with Gasteiger partial charge in [-0.2, -0.15) is 0 Å². The van der Waals surface area contributed by atoms with Crippen molar-refractivity contribution in [1.82, 2.24) is 4.98 Å². The monoisotopic (exact) mass is 195 g/mol. The van der Waals surface area contributed by atoms with E-state index in [0.29, 0.717) is 11.7 Å². The first kappa shape index (κ1) is 10.8. The van der Waals surface area contributed by atoms with Crippen LogP contribution < -0.4 is 11.1 Å². The highest BCUT2D eigenvalue weighted by atomic mass is 16.5. The van der Waals surface area contributed by atoms with E-state index < -0.39 is 0 Å². The van der Waals surface area contributed by atoms with Gasteiger partial charge < -0.3 is 15.8 Å². The molecule has 14 heavy (non-hydrogen) atoms. The fourth-order valence-corrected chi connectivity index (χ4v) is 1.17. The lowest BCUT2D eigenvalue weighted by atomic mass is 10.2. The van der Waals surface area contributed by atoms with E-state index in [4.69, 9.17) is 10.5 Å². The smallest absolute Gasteiger partial charge is 0.0736 e. The summed E-state index contributed by atoms with van der Waals surface area (Å²) in [5.74, 6) is 0. The Kier molecular flexibility index (Phi) is 4.19. The summed E-state index contributed by atoms with van der Waals surface area (Å²) in [6.45, 7) is 2.85. The molecule has 1 atom stereocenters. The number of pyridine rings is 1. The van der Waals surface area contributed by atoms with E-state index in [1.54, 1.807) is 19.5 Å². The standard InChI is InChI=1S/C10H17N3O/c1-8(4-6-14-2)13-10-3-5-12-7-9(10)11/h3,5,7-8H,4,6,11H2,1-2H3,(H,12,13). The Morgan fingerprint density at radius 3 is 3.07 bits per heavy atom. The van der Waals surface area contributed by atoms with E-state index in [1.807, 2.05) is 6.07 Å². The Morgan fingerprint density at radius 1 is 1.64 bits per heavy atom.